The number of H-pyrrole nitrogens is 1. The summed E-state index contributed by atoms with van der Waals surface area (Å²) in [5.74, 6) is 0.496. The summed E-state index contributed by atoms with van der Waals surface area (Å²) in [6.07, 6.45) is 3.23. The molecule has 8 nitrogen and oxygen atoms in total. The molecule has 28 heavy (non-hydrogen) atoms. The van der Waals surface area contributed by atoms with Crippen LogP contribution in [0.2, 0.25) is 0 Å². The molecule has 3 heterocycles. The van der Waals surface area contributed by atoms with Crippen LogP contribution in [0.4, 0.5) is 5.95 Å². The summed E-state index contributed by atoms with van der Waals surface area (Å²) in [6, 6.07) is 16.0. The summed E-state index contributed by atoms with van der Waals surface area (Å²) < 4.78 is 0. The van der Waals surface area contributed by atoms with Crippen molar-refractivity contribution in [1.82, 2.24) is 35.3 Å². The highest BCUT2D eigenvalue weighted by Gasteiger charge is 2.11. The summed E-state index contributed by atoms with van der Waals surface area (Å²) in [6.45, 7) is 2.07. The molecule has 0 saturated heterocycles. The molecule has 0 spiro atoms. The van der Waals surface area contributed by atoms with Gasteiger partial charge < -0.3 is 5.32 Å². The molecule has 0 fully saturated rings. The topological polar surface area (TPSA) is 105 Å². The van der Waals surface area contributed by atoms with E-state index >= 15 is 0 Å². The monoisotopic (exact) mass is 368 g/mol. The van der Waals surface area contributed by atoms with Crippen molar-refractivity contribution in [3.05, 3.63) is 66.6 Å². The summed E-state index contributed by atoms with van der Waals surface area (Å²) in [7, 11) is 0. The van der Waals surface area contributed by atoms with Crippen LogP contribution in [0.5, 0.6) is 0 Å². The third kappa shape index (κ3) is 2.90. The van der Waals surface area contributed by atoms with E-state index in [1.165, 1.54) is 6.33 Å². The Hall–Kier alpha value is -3.94. The van der Waals surface area contributed by atoms with Crippen molar-refractivity contribution in [2.24, 2.45) is 0 Å². The van der Waals surface area contributed by atoms with Gasteiger partial charge in [-0.15, -0.1) is 10.2 Å². The Morgan fingerprint density at radius 2 is 1.86 bits per heavy atom. The van der Waals surface area contributed by atoms with Crippen LogP contribution in [0.3, 0.4) is 0 Å². The number of hydrogen-bond acceptors (Lipinski definition) is 7. The number of benzene rings is 2. The Bertz CT molecular complexity index is 1270. The molecular formula is C20H16N8. The quantitative estimate of drug-likeness (QED) is 0.500. The normalized spacial score (nSPS) is 12.3. The van der Waals surface area contributed by atoms with Gasteiger partial charge in [0.2, 0.25) is 5.95 Å². The lowest BCUT2D eigenvalue weighted by molar-refractivity contribution is 0.849. The number of nitrogens with zero attached hydrogens (tertiary/aromatic N) is 6. The van der Waals surface area contributed by atoms with E-state index in [0.29, 0.717) is 17.1 Å². The maximum Gasteiger partial charge on any atom is 0.243 e. The molecule has 5 rings (SSSR count). The fourth-order valence-electron chi connectivity index (χ4n) is 3.16. The lowest BCUT2D eigenvalue weighted by Gasteiger charge is -2.13. The van der Waals surface area contributed by atoms with Gasteiger partial charge in [-0.1, -0.05) is 36.4 Å². The first kappa shape index (κ1) is 16.2. The Morgan fingerprint density at radius 3 is 2.75 bits per heavy atom. The van der Waals surface area contributed by atoms with E-state index in [4.69, 9.17) is 0 Å². The first-order chi connectivity index (χ1) is 13.8. The van der Waals surface area contributed by atoms with Crippen LogP contribution in [-0.2, 0) is 0 Å². The molecule has 3 aromatic heterocycles. The van der Waals surface area contributed by atoms with Gasteiger partial charge in [0.05, 0.1) is 28.8 Å². The number of anilines is 1. The van der Waals surface area contributed by atoms with Crippen LogP contribution in [0.1, 0.15) is 18.5 Å². The lowest BCUT2D eigenvalue weighted by Crippen LogP contribution is -2.10. The fourth-order valence-corrected chi connectivity index (χ4v) is 3.16. The molecule has 0 saturated carbocycles. The van der Waals surface area contributed by atoms with Crippen molar-refractivity contribution >= 4 is 28.0 Å². The third-order valence-corrected chi connectivity index (χ3v) is 4.62. The molecule has 0 unspecified atom stereocenters. The van der Waals surface area contributed by atoms with Gasteiger partial charge in [0.15, 0.2) is 5.65 Å². The maximum atomic E-state index is 4.59. The van der Waals surface area contributed by atoms with Crippen LogP contribution < -0.4 is 5.32 Å². The summed E-state index contributed by atoms with van der Waals surface area (Å²) in [4.78, 5) is 13.2. The van der Waals surface area contributed by atoms with Crippen molar-refractivity contribution in [3.63, 3.8) is 0 Å². The van der Waals surface area contributed by atoms with E-state index in [2.05, 4.69) is 59.7 Å². The zero-order valence-corrected chi connectivity index (χ0v) is 15.0. The molecule has 0 aliphatic carbocycles. The SMILES string of the molecule is C[C@@H](Nc1nnc2cc(-c3ncnc4[nH]ncc34)ccc2n1)c1ccccc1. The van der Waals surface area contributed by atoms with Gasteiger partial charge in [0.1, 0.15) is 11.8 Å². The first-order valence-corrected chi connectivity index (χ1v) is 8.88. The highest BCUT2D eigenvalue weighted by Crippen LogP contribution is 2.26. The Balaban J connectivity index is 1.47. The molecule has 2 aromatic carbocycles. The largest absolute Gasteiger partial charge is 0.346 e. The van der Waals surface area contributed by atoms with Crippen LogP contribution in [-0.4, -0.2) is 35.3 Å². The van der Waals surface area contributed by atoms with E-state index in [-0.39, 0.29) is 6.04 Å². The first-order valence-electron chi connectivity index (χ1n) is 8.88. The Morgan fingerprint density at radius 1 is 0.964 bits per heavy atom. The number of aromatic amines is 1. The zero-order chi connectivity index (χ0) is 18.9. The van der Waals surface area contributed by atoms with Crippen molar-refractivity contribution in [2.75, 3.05) is 5.32 Å². The molecule has 136 valence electrons. The van der Waals surface area contributed by atoms with Crippen molar-refractivity contribution in [2.45, 2.75) is 13.0 Å². The number of hydrogen-bond donors (Lipinski definition) is 2. The van der Waals surface area contributed by atoms with Crippen LogP contribution in [0.25, 0.3) is 33.3 Å². The van der Waals surface area contributed by atoms with Gasteiger partial charge in [-0.25, -0.2) is 15.0 Å². The third-order valence-electron chi connectivity index (χ3n) is 4.62. The van der Waals surface area contributed by atoms with E-state index in [1.54, 1.807) is 6.20 Å². The number of aromatic nitrogens is 7. The fraction of sp³-hybridized carbons (Fsp3) is 0.100. The second-order valence-electron chi connectivity index (χ2n) is 6.47. The van der Waals surface area contributed by atoms with Crippen LogP contribution in [0, 0.1) is 0 Å². The second kappa shape index (κ2) is 6.66. The molecule has 0 aliphatic heterocycles. The average Bonchev–Trinajstić information content (AvgIpc) is 3.23. The van der Waals surface area contributed by atoms with Crippen LogP contribution >= 0.6 is 0 Å². The number of nitrogens with one attached hydrogen (secondary N) is 2. The Kier molecular flexibility index (Phi) is 3.86. The summed E-state index contributed by atoms with van der Waals surface area (Å²) >= 11 is 0. The van der Waals surface area contributed by atoms with E-state index < -0.39 is 0 Å². The molecule has 8 heteroatoms. The zero-order valence-electron chi connectivity index (χ0n) is 15.0. The highest BCUT2D eigenvalue weighted by atomic mass is 15.2. The minimum Gasteiger partial charge on any atom is -0.346 e. The molecule has 0 amide bonds. The standard InChI is InChI=1S/C20H16N8/c1-12(13-5-3-2-4-6-13)24-20-25-16-8-7-14(9-17(16)26-28-20)18-15-10-23-27-19(15)22-11-21-18/h2-12H,1H3,(H,24,25,28)(H,21,22,23,27)/t12-/m1/s1. The molecule has 5 aromatic rings. The summed E-state index contributed by atoms with van der Waals surface area (Å²) in [5.41, 5.74) is 5.03. The molecule has 0 aliphatic rings. The van der Waals surface area contributed by atoms with Crippen LogP contribution in [0.15, 0.2) is 61.1 Å². The van der Waals surface area contributed by atoms with Crippen molar-refractivity contribution < 1.29 is 0 Å². The van der Waals surface area contributed by atoms with Gasteiger partial charge in [0.25, 0.3) is 0 Å². The number of fused-ring (bicyclic) bond motifs is 2. The van der Waals surface area contributed by atoms with Gasteiger partial charge in [0, 0.05) is 5.56 Å². The predicted octanol–water partition coefficient (Wildman–Crippen LogP) is 3.53. The van der Waals surface area contributed by atoms with E-state index in [1.807, 2.05) is 36.4 Å². The van der Waals surface area contributed by atoms with Gasteiger partial charge in [-0.2, -0.15) is 5.10 Å². The number of rotatable bonds is 4. The Labute approximate surface area is 160 Å². The molecule has 2 N–H and O–H groups in total. The smallest absolute Gasteiger partial charge is 0.243 e. The molecule has 1 atom stereocenters. The summed E-state index contributed by atoms with van der Waals surface area (Å²) in [5, 5.41) is 19.6. The lowest BCUT2D eigenvalue weighted by atomic mass is 10.1. The molecule has 0 bridgehead atoms. The van der Waals surface area contributed by atoms with Gasteiger partial charge in [-0.05, 0) is 24.6 Å². The molecular weight excluding hydrogens is 352 g/mol. The van der Waals surface area contributed by atoms with Crippen molar-refractivity contribution in [3.8, 4) is 11.3 Å². The highest BCUT2D eigenvalue weighted by molar-refractivity contribution is 5.92. The van der Waals surface area contributed by atoms with Crippen molar-refractivity contribution in [1.29, 1.82) is 0 Å². The predicted molar refractivity (Wildman–Crippen MR) is 106 cm³/mol. The average molecular weight is 368 g/mol. The van der Waals surface area contributed by atoms with E-state index in [9.17, 15) is 0 Å². The molecule has 0 radical (unpaired) electrons. The van der Waals surface area contributed by atoms with Gasteiger partial charge >= 0.3 is 0 Å². The maximum absolute atomic E-state index is 4.59. The van der Waals surface area contributed by atoms with Gasteiger partial charge in [-0.3, -0.25) is 5.10 Å². The second-order valence-corrected chi connectivity index (χ2v) is 6.47. The minimum atomic E-state index is 0.0788. The minimum absolute atomic E-state index is 0.0788. The van der Waals surface area contributed by atoms with E-state index in [0.717, 1.165) is 27.7 Å².